The number of benzene rings is 1. The summed E-state index contributed by atoms with van der Waals surface area (Å²) in [5.74, 6) is 0.340. The predicted molar refractivity (Wildman–Crippen MR) is 83.9 cm³/mol. The first-order valence-electron chi connectivity index (χ1n) is 7.48. The van der Waals surface area contributed by atoms with Crippen molar-refractivity contribution < 1.29 is 8.42 Å². The van der Waals surface area contributed by atoms with E-state index in [1.54, 1.807) is 0 Å². The lowest BCUT2D eigenvalue weighted by Gasteiger charge is -2.09. The van der Waals surface area contributed by atoms with Gasteiger partial charge in [0, 0.05) is 25.0 Å². The lowest BCUT2D eigenvalue weighted by Crippen LogP contribution is -2.30. The maximum absolute atomic E-state index is 11.8. The monoisotopic (exact) mass is 307 g/mol. The summed E-state index contributed by atoms with van der Waals surface area (Å²) in [7, 11) is -2.87. The summed E-state index contributed by atoms with van der Waals surface area (Å²) in [6, 6.07) is 8.15. The number of rotatable bonds is 5. The van der Waals surface area contributed by atoms with Gasteiger partial charge in [0.05, 0.1) is 22.2 Å². The molecule has 6 heteroatoms. The number of hydrogen-bond donors (Lipinski definition) is 1. The number of para-hydroxylation sites is 1. The molecule has 1 aliphatic rings. The van der Waals surface area contributed by atoms with Crippen LogP contribution in [0.3, 0.4) is 0 Å². The van der Waals surface area contributed by atoms with Crippen molar-refractivity contribution in [2.45, 2.75) is 38.1 Å². The average Bonchev–Trinajstić information content (AvgIpc) is 3.00. The molecule has 21 heavy (non-hydrogen) atoms. The zero-order chi connectivity index (χ0) is 14.9. The van der Waals surface area contributed by atoms with Gasteiger partial charge in [0.2, 0.25) is 0 Å². The molecule has 1 N–H and O–H groups in total. The first kappa shape index (κ1) is 14.5. The van der Waals surface area contributed by atoms with E-state index in [1.807, 2.05) is 16.8 Å². The van der Waals surface area contributed by atoms with E-state index < -0.39 is 9.84 Å². The smallest absolute Gasteiger partial charge is 0.154 e. The van der Waals surface area contributed by atoms with Gasteiger partial charge in [0.1, 0.15) is 0 Å². The molecule has 1 fully saturated rings. The summed E-state index contributed by atoms with van der Waals surface area (Å²) in [5.41, 5.74) is 2.12. The quantitative estimate of drug-likeness (QED) is 0.913. The van der Waals surface area contributed by atoms with E-state index >= 15 is 0 Å². The van der Waals surface area contributed by atoms with Gasteiger partial charge in [-0.3, -0.25) is 4.68 Å². The lowest BCUT2D eigenvalue weighted by molar-refractivity contribution is 0.569. The predicted octanol–water partition coefficient (Wildman–Crippen LogP) is 1.72. The number of aryl methyl sites for hydroxylation is 1. The van der Waals surface area contributed by atoms with E-state index in [2.05, 4.69) is 29.5 Å². The van der Waals surface area contributed by atoms with Crippen molar-refractivity contribution in [2.24, 2.45) is 0 Å². The van der Waals surface area contributed by atoms with Crippen LogP contribution in [0.2, 0.25) is 0 Å². The van der Waals surface area contributed by atoms with Gasteiger partial charge >= 0.3 is 0 Å². The molecule has 0 saturated carbocycles. The fourth-order valence-corrected chi connectivity index (χ4v) is 4.81. The molecule has 0 radical (unpaired) electrons. The summed E-state index contributed by atoms with van der Waals surface area (Å²) < 4.78 is 25.6. The molecule has 1 atom stereocenters. The third kappa shape index (κ3) is 2.82. The summed E-state index contributed by atoms with van der Waals surface area (Å²) in [5, 5.41) is 8.80. The van der Waals surface area contributed by atoms with E-state index in [4.69, 9.17) is 0 Å². The Morgan fingerprint density at radius 3 is 2.90 bits per heavy atom. The first-order valence-corrected chi connectivity index (χ1v) is 9.20. The van der Waals surface area contributed by atoms with Crippen molar-refractivity contribution in [3.63, 3.8) is 0 Å². The molecule has 1 aromatic carbocycles. The number of nitrogens with one attached hydrogen (secondary N) is 1. The third-order valence-electron chi connectivity index (χ3n) is 4.16. The molecule has 114 valence electrons. The highest BCUT2D eigenvalue weighted by Gasteiger charge is 2.30. The van der Waals surface area contributed by atoms with Crippen LogP contribution in [-0.2, 0) is 22.9 Å². The zero-order valence-electron chi connectivity index (χ0n) is 12.2. The van der Waals surface area contributed by atoms with Crippen molar-refractivity contribution in [1.29, 1.82) is 0 Å². The maximum atomic E-state index is 11.8. The second-order valence-corrected chi connectivity index (χ2v) is 7.94. The Hall–Kier alpha value is -1.40. The van der Waals surface area contributed by atoms with Crippen LogP contribution in [-0.4, -0.2) is 35.7 Å². The molecule has 2 heterocycles. The molecule has 1 aromatic heterocycles. The molecule has 0 amide bonds. The Labute approximate surface area is 125 Å². The number of hydrogen-bond acceptors (Lipinski definition) is 4. The summed E-state index contributed by atoms with van der Waals surface area (Å²) in [6.07, 6.45) is 1.57. The van der Waals surface area contributed by atoms with Gasteiger partial charge in [-0.25, -0.2) is 8.42 Å². The van der Waals surface area contributed by atoms with Crippen molar-refractivity contribution in [2.75, 3.05) is 12.3 Å². The molecule has 1 saturated heterocycles. The molecule has 0 bridgehead atoms. The minimum atomic E-state index is -2.87. The summed E-state index contributed by atoms with van der Waals surface area (Å²) >= 11 is 0. The molecular formula is C15H21N3O2S. The Bertz CT molecular complexity index is 736. The lowest BCUT2D eigenvalue weighted by atomic mass is 10.2. The van der Waals surface area contributed by atoms with E-state index in [1.165, 1.54) is 0 Å². The van der Waals surface area contributed by atoms with Gasteiger partial charge < -0.3 is 5.32 Å². The molecular weight excluding hydrogens is 286 g/mol. The highest BCUT2D eigenvalue weighted by atomic mass is 32.2. The van der Waals surface area contributed by atoms with Crippen LogP contribution in [0, 0.1) is 0 Å². The Morgan fingerprint density at radius 2 is 2.19 bits per heavy atom. The van der Waals surface area contributed by atoms with Crippen LogP contribution in [0.5, 0.6) is 0 Å². The van der Waals surface area contributed by atoms with Crippen LogP contribution < -0.4 is 5.32 Å². The van der Waals surface area contributed by atoms with Crippen molar-refractivity contribution in [3.05, 3.63) is 30.0 Å². The topological polar surface area (TPSA) is 64.0 Å². The van der Waals surface area contributed by atoms with E-state index in [9.17, 15) is 8.42 Å². The van der Waals surface area contributed by atoms with Gasteiger partial charge in [-0.1, -0.05) is 18.2 Å². The molecule has 0 aliphatic carbocycles. The maximum Gasteiger partial charge on any atom is 0.154 e. The summed E-state index contributed by atoms with van der Waals surface area (Å²) in [6.45, 7) is 4.04. The second kappa shape index (κ2) is 5.77. The molecule has 0 spiro atoms. The van der Waals surface area contributed by atoms with Crippen LogP contribution in [0.15, 0.2) is 24.3 Å². The Balaban J connectivity index is 1.71. The van der Waals surface area contributed by atoms with Gasteiger partial charge in [-0.15, -0.1) is 0 Å². The minimum Gasteiger partial charge on any atom is -0.310 e. The SMILES string of the molecule is CCn1nc(CNCC2CCCS2(=O)=O)c2ccccc21. The molecule has 1 unspecified atom stereocenters. The molecule has 3 rings (SSSR count). The third-order valence-corrected chi connectivity index (χ3v) is 6.44. The molecule has 5 nitrogen and oxygen atoms in total. The fourth-order valence-electron chi connectivity index (χ4n) is 3.01. The molecule has 2 aromatic rings. The van der Waals surface area contributed by atoms with Crippen molar-refractivity contribution in [1.82, 2.24) is 15.1 Å². The number of aromatic nitrogens is 2. The van der Waals surface area contributed by atoms with Gasteiger partial charge in [-0.05, 0) is 25.8 Å². The van der Waals surface area contributed by atoms with E-state index in [-0.39, 0.29) is 5.25 Å². The first-order chi connectivity index (χ1) is 10.1. The van der Waals surface area contributed by atoms with Crippen LogP contribution in [0.25, 0.3) is 10.9 Å². The number of nitrogens with zero attached hydrogens (tertiary/aromatic N) is 2. The number of fused-ring (bicyclic) bond motifs is 1. The fraction of sp³-hybridized carbons (Fsp3) is 0.533. The molecule has 1 aliphatic heterocycles. The van der Waals surface area contributed by atoms with Crippen molar-refractivity contribution in [3.8, 4) is 0 Å². The van der Waals surface area contributed by atoms with Crippen LogP contribution >= 0.6 is 0 Å². The van der Waals surface area contributed by atoms with Gasteiger partial charge in [0.25, 0.3) is 0 Å². The largest absolute Gasteiger partial charge is 0.310 e. The second-order valence-electron chi connectivity index (χ2n) is 5.54. The highest BCUT2D eigenvalue weighted by molar-refractivity contribution is 7.92. The Morgan fingerprint density at radius 1 is 1.38 bits per heavy atom. The number of sulfone groups is 1. The van der Waals surface area contributed by atoms with E-state index in [0.29, 0.717) is 18.8 Å². The summed E-state index contributed by atoms with van der Waals surface area (Å²) in [4.78, 5) is 0. The Kier molecular flexibility index (Phi) is 3.99. The normalized spacial score (nSPS) is 21.1. The highest BCUT2D eigenvalue weighted by Crippen LogP contribution is 2.20. The van der Waals surface area contributed by atoms with Gasteiger partial charge in [0.15, 0.2) is 9.84 Å². The minimum absolute atomic E-state index is 0.225. The average molecular weight is 307 g/mol. The zero-order valence-corrected chi connectivity index (χ0v) is 13.1. The standard InChI is InChI=1S/C15H21N3O2S/c1-2-18-15-8-4-3-7-13(15)14(17-18)11-16-10-12-6-5-9-21(12,19)20/h3-4,7-8,12,16H,2,5-6,9-11H2,1H3. The van der Waals surface area contributed by atoms with E-state index in [0.717, 1.165) is 36.0 Å². The van der Waals surface area contributed by atoms with Gasteiger partial charge in [-0.2, -0.15) is 5.10 Å². The van der Waals surface area contributed by atoms with Crippen LogP contribution in [0.1, 0.15) is 25.5 Å². The van der Waals surface area contributed by atoms with Crippen molar-refractivity contribution >= 4 is 20.7 Å². The van der Waals surface area contributed by atoms with Crippen LogP contribution in [0.4, 0.5) is 0 Å².